The van der Waals surface area contributed by atoms with Gasteiger partial charge in [0.05, 0.1) is 7.11 Å². The third-order valence-electron chi connectivity index (χ3n) is 3.36. The van der Waals surface area contributed by atoms with Crippen LogP contribution in [0.25, 0.3) is 0 Å². The molecule has 7 heteroatoms. The lowest BCUT2D eigenvalue weighted by atomic mass is 10.0. The van der Waals surface area contributed by atoms with Crippen molar-refractivity contribution >= 4 is 34.0 Å². The highest BCUT2D eigenvalue weighted by Crippen LogP contribution is 2.48. The van der Waals surface area contributed by atoms with Gasteiger partial charge in [0.25, 0.3) is 0 Å². The molecule has 1 aliphatic rings. The summed E-state index contributed by atoms with van der Waals surface area (Å²) in [6.45, 7) is 1.61. The van der Waals surface area contributed by atoms with Gasteiger partial charge in [-0.2, -0.15) is 0 Å². The quantitative estimate of drug-likeness (QED) is 0.785. The van der Waals surface area contributed by atoms with Crippen molar-refractivity contribution in [1.82, 2.24) is 4.98 Å². The molecule has 0 amide bonds. The summed E-state index contributed by atoms with van der Waals surface area (Å²) in [6, 6.07) is 0. The Labute approximate surface area is 121 Å². The molecule has 0 radical (unpaired) electrons. The van der Waals surface area contributed by atoms with Gasteiger partial charge in [-0.15, -0.1) is 0 Å². The molecule has 0 atom stereocenters. The highest BCUT2D eigenvalue weighted by molar-refractivity contribution is 7.18. The number of halogens is 1. The van der Waals surface area contributed by atoms with E-state index >= 15 is 0 Å². The van der Waals surface area contributed by atoms with Crippen molar-refractivity contribution in [2.45, 2.75) is 19.3 Å². The summed E-state index contributed by atoms with van der Waals surface area (Å²) in [4.78, 5) is 15.9. The van der Waals surface area contributed by atoms with Crippen LogP contribution < -0.4 is 5.32 Å². The maximum Gasteiger partial charge on any atom is 0.351 e. The van der Waals surface area contributed by atoms with E-state index < -0.39 is 5.97 Å². The second-order valence-corrected chi connectivity index (χ2v) is 6.08. The number of esters is 1. The molecule has 2 rings (SSSR count). The average molecular weight is 305 g/mol. The molecule has 1 aliphatic carbocycles. The summed E-state index contributed by atoms with van der Waals surface area (Å²) in [5.74, 6) is -0.448. The first-order chi connectivity index (χ1) is 9.10. The van der Waals surface area contributed by atoms with Crippen molar-refractivity contribution in [1.29, 1.82) is 0 Å². The van der Waals surface area contributed by atoms with Crippen LogP contribution in [0.4, 0.5) is 5.13 Å². The van der Waals surface area contributed by atoms with Crippen LogP contribution in [0.2, 0.25) is 5.15 Å². The van der Waals surface area contributed by atoms with Gasteiger partial charge in [0.1, 0.15) is 0 Å². The summed E-state index contributed by atoms with van der Waals surface area (Å²) < 4.78 is 9.76. The Bertz CT molecular complexity index is 460. The fourth-order valence-corrected chi connectivity index (χ4v) is 2.97. The third-order valence-corrected chi connectivity index (χ3v) is 4.74. The molecule has 1 saturated carbocycles. The van der Waals surface area contributed by atoms with Gasteiger partial charge in [-0.25, -0.2) is 9.78 Å². The number of thiazole rings is 1. The molecule has 0 aromatic carbocycles. The van der Waals surface area contributed by atoms with Crippen molar-refractivity contribution in [3.63, 3.8) is 0 Å². The number of hydrogen-bond acceptors (Lipinski definition) is 6. The number of nitrogens with one attached hydrogen (secondary N) is 1. The molecule has 1 aromatic heterocycles. The maximum atomic E-state index is 11.4. The summed E-state index contributed by atoms with van der Waals surface area (Å²) in [7, 11) is 3.04. The zero-order chi connectivity index (χ0) is 13.9. The Morgan fingerprint density at radius 2 is 2.26 bits per heavy atom. The largest absolute Gasteiger partial charge is 0.465 e. The lowest BCUT2D eigenvalue weighted by Gasteiger charge is -2.14. The molecule has 19 heavy (non-hydrogen) atoms. The first-order valence-electron chi connectivity index (χ1n) is 6.08. The van der Waals surface area contributed by atoms with Crippen LogP contribution in [0, 0.1) is 5.41 Å². The zero-order valence-electron chi connectivity index (χ0n) is 11.0. The number of rotatable bonds is 7. The zero-order valence-corrected chi connectivity index (χ0v) is 12.6. The number of hydrogen-bond donors (Lipinski definition) is 1. The number of ether oxygens (including phenoxy) is 2. The number of carbonyl (C=O) groups is 1. The van der Waals surface area contributed by atoms with E-state index in [2.05, 4.69) is 15.0 Å². The molecule has 5 nitrogen and oxygen atoms in total. The van der Waals surface area contributed by atoms with Crippen LogP contribution in [0.3, 0.4) is 0 Å². The van der Waals surface area contributed by atoms with E-state index in [1.807, 2.05) is 0 Å². The van der Waals surface area contributed by atoms with Crippen molar-refractivity contribution in [2.24, 2.45) is 5.41 Å². The minimum absolute atomic E-state index is 0.195. The molecule has 1 N–H and O–H groups in total. The minimum atomic E-state index is -0.448. The third kappa shape index (κ3) is 3.58. The number of carbonyl (C=O) groups excluding carboxylic acids is 1. The summed E-state index contributed by atoms with van der Waals surface area (Å²) in [5, 5.41) is 4.11. The van der Waals surface area contributed by atoms with Crippen LogP contribution in [0.5, 0.6) is 0 Å². The standard InChI is InChI=1S/C12H17ClN2O3S/c1-17-6-5-12(3-4-12)7-14-11-15-9(13)8(19-11)10(16)18-2/h3-7H2,1-2H3,(H,14,15). The summed E-state index contributed by atoms with van der Waals surface area (Å²) in [5.41, 5.74) is 0.319. The van der Waals surface area contributed by atoms with Gasteiger partial charge in [-0.1, -0.05) is 22.9 Å². The second-order valence-electron chi connectivity index (χ2n) is 4.73. The highest BCUT2D eigenvalue weighted by Gasteiger charge is 2.41. The molecule has 1 heterocycles. The van der Waals surface area contributed by atoms with E-state index in [0.29, 0.717) is 15.4 Å². The second kappa shape index (κ2) is 6.07. The lowest BCUT2D eigenvalue weighted by Crippen LogP contribution is -2.17. The number of nitrogens with zero attached hydrogens (tertiary/aromatic N) is 1. The van der Waals surface area contributed by atoms with E-state index in [1.54, 1.807) is 7.11 Å². The van der Waals surface area contributed by atoms with Crippen LogP contribution in [-0.2, 0) is 9.47 Å². The molecule has 0 bridgehead atoms. The van der Waals surface area contributed by atoms with Crippen LogP contribution in [0.15, 0.2) is 0 Å². The topological polar surface area (TPSA) is 60.5 Å². The Kier molecular flexibility index (Phi) is 4.65. The summed E-state index contributed by atoms with van der Waals surface area (Å²) in [6.07, 6.45) is 3.44. The normalized spacial score (nSPS) is 16.2. The van der Waals surface area contributed by atoms with E-state index in [-0.39, 0.29) is 5.15 Å². The van der Waals surface area contributed by atoms with Gasteiger partial charge < -0.3 is 14.8 Å². The van der Waals surface area contributed by atoms with Gasteiger partial charge >= 0.3 is 5.97 Å². The molecular weight excluding hydrogens is 288 g/mol. The predicted molar refractivity (Wildman–Crippen MR) is 75.1 cm³/mol. The molecule has 1 aromatic rings. The fraction of sp³-hybridized carbons (Fsp3) is 0.667. The van der Waals surface area contributed by atoms with Crippen molar-refractivity contribution < 1.29 is 14.3 Å². The fourth-order valence-electron chi connectivity index (χ4n) is 1.87. The lowest BCUT2D eigenvalue weighted by molar-refractivity contribution is 0.0606. The predicted octanol–water partition coefficient (Wildman–Crippen LogP) is 2.81. The molecule has 1 fully saturated rings. The van der Waals surface area contributed by atoms with E-state index in [4.69, 9.17) is 16.3 Å². The van der Waals surface area contributed by atoms with Crippen LogP contribution in [-0.4, -0.2) is 38.3 Å². The van der Waals surface area contributed by atoms with Crippen LogP contribution >= 0.6 is 22.9 Å². The van der Waals surface area contributed by atoms with Crippen molar-refractivity contribution in [2.75, 3.05) is 32.7 Å². The monoisotopic (exact) mass is 304 g/mol. The van der Waals surface area contributed by atoms with E-state index in [1.165, 1.54) is 31.3 Å². The molecule has 0 aliphatic heterocycles. The van der Waals surface area contributed by atoms with E-state index in [9.17, 15) is 4.79 Å². The smallest absolute Gasteiger partial charge is 0.351 e. The Morgan fingerprint density at radius 3 is 2.84 bits per heavy atom. The Morgan fingerprint density at radius 1 is 1.53 bits per heavy atom. The Hall–Kier alpha value is -0.850. The van der Waals surface area contributed by atoms with Crippen molar-refractivity contribution in [3.8, 4) is 0 Å². The SMILES string of the molecule is COCCC1(CNc2nc(Cl)c(C(=O)OC)s2)CC1. The summed E-state index contributed by atoms with van der Waals surface area (Å²) >= 11 is 7.13. The first-order valence-corrected chi connectivity index (χ1v) is 7.27. The van der Waals surface area contributed by atoms with Gasteiger partial charge in [-0.05, 0) is 24.7 Å². The highest BCUT2D eigenvalue weighted by atomic mass is 35.5. The van der Waals surface area contributed by atoms with Gasteiger partial charge in [0.15, 0.2) is 15.2 Å². The van der Waals surface area contributed by atoms with Gasteiger partial charge in [-0.3, -0.25) is 0 Å². The van der Waals surface area contributed by atoms with Crippen molar-refractivity contribution in [3.05, 3.63) is 10.0 Å². The minimum Gasteiger partial charge on any atom is -0.465 e. The average Bonchev–Trinajstić information content (AvgIpc) is 3.09. The molecule has 0 saturated heterocycles. The van der Waals surface area contributed by atoms with Gasteiger partial charge in [0.2, 0.25) is 0 Å². The number of methoxy groups -OCH3 is 2. The van der Waals surface area contributed by atoms with Gasteiger partial charge in [0, 0.05) is 20.3 Å². The van der Waals surface area contributed by atoms with Crippen LogP contribution in [0.1, 0.15) is 28.9 Å². The number of aromatic nitrogens is 1. The Balaban J connectivity index is 1.92. The maximum absolute atomic E-state index is 11.4. The van der Waals surface area contributed by atoms with E-state index in [0.717, 1.165) is 19.6 Å². The molecular formula is C12H17ClN2O3S. The molecule has 0 unspecified atom stereocenters. The first kappa shape index (κ1) is 14.6. The number of anilines is 1. The molecule has 0 spiro atoms. The molecule has 106 valence electrons.